The first-order valence-electron chi connectivity index (χ1n) is 21.1. The predicted octanol–water partition coefficient (Wildman–Crippen LogP) is 15.1. The first-order valence-corrected chi connectivity index (χ1v) is 21.1. The number of furan rings is 2. The van der Waals surface area contributed by atoms with Crippen LogP contribution in [0.3, 0.4) is 0 Å². The molecule has 0 atom stereocenters. The van der Waals surface area contributed by atoms with Gasteiger partial charge in [-0.15, -0.1) is 0 Å². The third-order valence-corrected chi connectivity index (χ3v) is 12.3. The van der Waals surface area contributed by atoms with E-state index in [1.165, 1.54) is 10.8 Å². The zero-order valence-electron chi connectivity index (χ0n) is 33.7. The third kappa shape index (κ3) is 5.76. The molecule has 6 nitrogen and oxygen atoms in total. The fourth-order valence-electron chi connectivity index (χ4n) is 9.30. The van der Waals surface area contributed by atoms with Gasteiger partial charge in [-0.2, -0.15) is 0 Å². The quantitative estimate of drug-likeness (QED) is 0.167. The van der Waals surface area contributed by atoms with Crippen LogP contribution in [0.2, 0.25) is 0 Å². The Bertz CT molecular complexity index is 3870. The van der Waals surface area contributed by atoms with E-state index in [4.69, 9.17) is 23.8 Å². The maximum atomic E-state index is 6.70. The van der Waals surface area contributed by atoms with E-state index in [1.54, 1.807) is 0 Å². The summed E-state index contributed by atoms with van der Waals surface area (Å²) in [7, 11) is 0. The molecule has 0 aliphatic rings. The molecular formula is C57H34N4O2. The molecule has 0 aliphatic heterocycles. The molecule has 4 aromatic heterocycles. The van der Waals surface area contributed by atoms with Gasteiger partial charge in [-0.1, -0.05) is 133 Å². The Morgan fingerprint density at radius 3 is 1.57 bits per heavy atom. The summed E-state index contributed by atoms with van der Waals surface area (Å²) in [5.74, 6) is 1.69. The zero-order chi connectivity index (χ0) is 41.4. The number of hydrogen-bond donors (Lipinski definition) is 0. The molecule has 0 N–H and O–H groups in total. The number of para-hydroxylation sites is 2. The van der Waals surface area contributed by atoms with Gasteiger partial charge in [-0.25, -0.2) is 15.0 Å². The van der Waals surface area contributed by atoms with Crippen LogP contribution in [0.25, 0.3) is 128 Å². The average molecular weight is 807 g/mol. The highest BCUT2D eigenvalue weighted by Gasteiger charge is 2.19. The van der Waals surface area contributed by atoms with E-state index in [0.717, 1.165) is 99.5 Å². The fraction of sp³-hybridized carbons (Fsp3) is 0. The largest absolute Gasteiger partial charge is 0.456 e. The molecule has 0 unspecified atom stereocenters. The monoisotopic (exact) mass is 806 g/mol. The van der Waals surface area contributed by atoms with Gasteiger partial charge in [0.25, 0.3) is 0 Å². The van der Waals surface area contributed by atoms with Crippen LogP contribution in [0.15, 0.2) is 215 Å². The van der Waals surface area contributed by atoms with Crippen molar-refractivity contribution >= 4 is 65.7 Å². The number of nitrogens with zero attached hydrogens (tertiary/aromatic N) is 4. The van der Waals surface area contributed by atoms with Crippen LogP contribution in [-0.4, -0.2) is 19.5 Å². The second kappa shape index (κ2) is 14.0. The Morgan fingerprint density at radius 1 is 0.302 bits per heavy atom. The molecule has 0 spiro atoms. The van der Waals surface area contributed by atoms with Crippen LogP contribution in [0.5, 0.6) is 0 Å². The second-order valence-corrected chi connectivity index (χ2v) is 16.0. The molecule has 13 rings (SSSR count). The Morgan fingerprint density at radius 2 is 0.841 bits per heavy atom. The zero-order valence-corrected chi connectivity index (χ0v) is 33.7. The summed E-state index contributed by atoms with van der Waals surface area (Å²) in [6.45, 7) is 0. The molecule has 0 aliphatic carbocycles. The van der Waals surface area contributed by atoms with E-state index in [2.05, 4.69) is 174 Å². The van der Waals surface area contributed by atoms with Crippen molar-refractivity contribution in [3.63, 3.8) is 0 Å². The molecule has 13 aromatic rings. The van der Waals surface area contributed by atoms with Crippen molar-refractivity contribution in [1.82, 2.24) is 19.5 Å². The van der Waals surface area contributed by atoms with Crippen LogP contribution >= 0.6 is 0 Å². The molecule has 9 aromatic carbocycles. The Labute approximate surface area is 361 Å². The van der Waals surface area contributed by atoms with Gasteiger partial charge in [0.05, 0.1) is 11.0 Å². The normalized spacial score (nSPS) is 11.8. The van der Waals surface area contributed by atoms with Crippen molar-refractivity contribution in [3.8, 4) is 62.1 Å². The summed E-state index contributed by atoms with van der Waals surface area (Å²) in [6, 6.07) is 71.5. The highest BCUT2D eigenvalue weighted by atomic mass is 16.3. The van der Waals surface area contributed by atoms with Crippen LogP contribution in [0, 0.1) is 0 Å². The second-order valence-electron chi connectivity index (χ2n) is 16.0. The number of hydrogen-bond acceptors (Lipinski definition) is 5. The van der Waals surface area contributed by atoms with Gasteiger partial charge >= 0.3 is 0 Å². The number of benzene rings is 9. The van der Waals surface area contributed by atoms with Gasteiger partial charge in [-0.05, 0) is 89.0 Å². The Balaban J connectivity index is 0.970. The van der Waals surface area contributed by atoms with Crippen molar-refractivity contribution in [2.45, 2.75) is 0 Å². The van der Waals surface area contributed by atoms with Crippen LogP contribution in [-0.2, 0) is 0 Å². The van der Waals surface area contributed by atoms with Crippen LogP contribution in [0.1, 0.15) is 0 Å². The van der Waals surface area contributed by atoms with E-state index in [0.29, 0.717) is 17.5 Å². The lowest BCUT2D eigenvalue weighted by Crippen LogP contribution is -2.00. The summed E-state index contributed by atoms with van der Waals surface area (Å²) < 4.78 is 15.4. The third-order valence-electron chi connectivity index (χ3n) is 12.3. The molecule has 294 valence electrons. The highest BCUT2D eigenvalue weighted by Crippen LogP contribution is 2.40. The van der Waals surface area contributed by atoms with Crippen molar-refractivity contribution in [2.75, 3.05) is 0 Å². The lowest BCUT2D eigenvalue weighted by atomic mass is 9.99. The Hall–Kier alpha value is -8.61. The van der Waals surface area contributed by atoms with Crippen LogP contribution in [0.4, 0.5) is 0 Å². The van der Waals surface area contributed by atoms with Gasteiger partial charge in [0.1, 0.15) is 22.3 Å². The summed E-state index contributed by atoms with van der Waals surface area (Å²) >= 11 is 0. The molecule has 0 saturated heterocycles. The van der Waals surface area contributed by atoms with E-state index < -0.39 is 0 Å². The van der Waals surface area contributed by atoms with Crippen molar-refractivity contribution in [2.24, 2.45) is 0 Å². The molecule has 0 radical (unpaired) electrons. The molecular weight excluding hydrogens is 773 g/mol. The molecule has 0 saturated carbocycles. The number of fused-ring (bicyclic) bond motifs is 9. The van der Waals surface area contributed by atoms with Crippen LogP contribution < -0.4 is 0 Å². The van der Waals surface area contributed by atoms with E-state index in [1.807, 2.05) is 36.4 Å². The number of aromatic nitrogens is 4. The summed E-state index contributed by atoms with van der Waals surface area (Å²) in [5, 5.41) is 6.58. The van der Waals surface area contributed by atoms with E-state index >= 15 is 0 Å². The number of rotatable bonds is 6. The lowest BCUT2D eigenvalue weighted by Gasteiger charge is -2.10. The standard InChI is InChI=1S/C57H34N4O2/c1-3-13-35(14-4-1)37-17-11-18-38(31-37)55-58-56(39-26-30-50-47(32-39)54-42(21-12-24-51(54)62-50)36-15-5-2-6-16-36)60-57(59-55)40-25-28-45-46-29-27-41(34-53(46)63-52(45)33-40)61-48-22-9-7-19-43(48)44-20-8-10-23-49(44)61/h1-34H. The van der Waals surface area contributed by atoms with Gasteiger partial charge in [-0.3, -0.25) is 0 Å². The fourth-order valence-corrected chi connectivity index (χ4v) is 9.30. The summed E-state index contributed by atoms with van der Waals surface area (Å²) in [5.41, 5.74) is 13.6. The topological polar surface area (TPSA) is 69.9 Å². The minimum Gasteiger partial charge on any atom is -0.456 e. The summed E-state index contributed by atoms with van der Waals surface area (Å²) in [6.07, 6.45) is 0. The van der Waals surface area contributed by atoms with Gasteiger partial charge in [0.15, 0.2) is 17.5 Å². The molecule has 0 bridgehead atoms. The maximum Gasteiger partial charge on any atom is 0.164 e. The predicted molar refractivity (Wildman–Crippen MR) is 256 cm³/mol. The van der Waals surface area contributed by atoms with Crippen molar-refractivity contribution in [3.05, 3.63) is 206 Å². The van der Waals surface area contributed by atoms with Crippen molar-refractivity contribution < 1.29 is 8.83 Å². The minimum atomic E-state index is 0.551. The summed E-state index contributed by atoms with van der Waals surface area (Å²) in [4.78, 5) is 15.6. The van der Waals surface area contributed by atoms with Gasteiger partial charge in [0, 0.05) is 60.8 Å². The van der Waals surface area contributed by atoms with E-state index in [9.17, 15) is 0 Å². The highest BCUT2D eigenvalue weighted by molar-refractivity contribution is 6.13. The van der Waals surface area contributed by atoms with Gasteiger partial charge in [0.2, 0.25) is 0 Å². The molecule has 63 heavy (non-hydrogen) atoms. The maximum absolute atomic E-state index is 6.70. The molecule has 6 heteroatoms. The Kier molecular flexibility index (Phi) is 7.80. The lowest BCUT2D eigenvalue weighted by molar-refractivity contribution is 0.668. The smallest absolute Gasteiger partial charge is 0.164 e. The first-order chi connectivity index (χ1) is 31.2. The first kappa shape index (κ1) is 35.2. The van der Waals surface area contributed by atoms with Crippen molar-refractivity contribution in [1.29, 1.82) is 0 Å². The minimum absolute atomic E-state index is 0.551. The molecule has 0 amide bonds. The molecule has 0 fully saturated rings. The molecule has 4 heterocycles. The van der Waals surface area contributed by atoms with Gasteiger partial charge < -0.3 is 13.4 Å². The average Bonchev–Trinajstić information content (AvgIpc) is 4.03. The SMILES string of the molecule is c1ccc(-c2cccc(-c3nc(-c4ccc5c(c4)oc4cc(-n6c7ccccc7c7ccccc76)ccc45)nc(-c4ccc5oc6cccc(-c7ccccc7)c6c5c4)n3)c2)cc1. The van der Waals surface area contributed by atoms with E-state index in [-0.39, 0.29) is 0 Å².